The third kappa shape index (κ3) is 2.86. The zero-order chi connectivity index (χ0) is 11.6. The Hall–Kier alpha value is -0.730. The summed E-state index contributed by atoms with van der Waals surface area (Å²) in [5.41, 5.74) is 0.370. The van der Waals surface area contributed by atoms with Crippen LogP contribution in [0.2, 0.25) is 0 Å². The SMILES string of the molecule is CCC(C)(C)C1CN(C(=O)NC(C)C)C1. The normalized spacial score (nSPS) is 17.9. The molecule has 15 heavy (non-hydrogen) atoms. The Bertz CT molecular complexity index is 230. The van der Waals surface area contributed by atoms with Gasteiger partial charge in [-0.25, -0.2) is 4.79 Å². The van der Waals surface area contributed by atoms with Crippen LogP contribution >= 0.6 is 0 Å². The molecule has 1 saturated heterocycles. The van der Waals surface area contributed by atoms with Gasteiger partial charge in [-0.3, -0.25) is 0 Å². The van der Waals surface area contributed by atoms with E-state index in [0.29, 0.717) is 11.3 Å². The summed E-state index contributed by atoms with van der Waals surface area (Å²) in [6.07, 6.45) is 1.18. The van der Waals surface area contributed by atoms with Gasteiger partial charge in [-0.05, 0) is 25.2 Å². The number of likely N-dealkylation sites (tertiary alicyclic amines) is 1. The number of nitrogens with zero attached hydrogens (tertiary/aromatic N) is 1. The Kier molecular flexibility index (Phi) is 3.63. The molecule has 0 aliphatic carbocycles. The third-order valence-corrected chi connectivity index (χ3v) is 3.60. The third-order valence-electron chi connectivity index (χ3n) is 3.60. The van der Waals surface area contributed by atoms with Crippen molar-refractivity contribution in [3.05, 3.63) is 0 Å². The molecule has 1 N–H and O–H groups in total. The van der Waals surface area contributed by atoms with Gasteiger partial charge in [0, 0.05) is 19.1 Å². The molecule has 3 nitrogen and oxygen atoms in total. The number of hydrogen-bond donors (Lipinski definition) is 1. The van der Waals surface area contributed by atoms with Gasteiger partial charge in [0.1, 0.15) is 0 Å². The Balaban J connectivity index is 2.34. The van der Waals surface area contributed by atoms with Crippen molar-refractivity contribution >= 4 is 6.03 Å². The molecule has 0 aromatic rings. The molecule has 1 fully saturated rings. The molecule has 88 valence electrons. The molecule has 3 heteroatoms. The van der Waals surface area contributed by atoms with Gasteiger partial charge in [-0.1, -0.05) is 27.2 Å². The maximum Gasteiger partial charge on any atom is 0.317 e. The van der Waals surface area contributed by atoms with Gasteiger partial charge in [0.2, 0.25) is 0 Å². The molecule has 1 rings (SSSR count). The number of urea groups is 1. The van der Waals surface area contributed by atoms with Crippen LogP contribution in [0.25, 0.3) is 0 Å². The lowest BCUT2D eigenvalue weighted by molar-refractivity contribution is 0.0387. The van der Waals surface area contributed by atoms with Crippen LogP contribution in [0.3, 0.4) is 0 Å². The molecule has 0 saturated carbocycles. The van der Waals surface area contributed by atoms with Gasteiger partial charge in [-0.2, -0.15) is 0 Å². The Labute approximate surface area is 93.2 Å². The number of nitrogens with one attached hydrogen (secondary N) is 1. The molecule has 0 radical (unpaired) electrons. The van der Waals surface area contributed by atoms with Gasteiger partial charge >= 0.3 is 6.03 Å². The fourth-order valence-corrected chi connectivity index (χ4v) is 1.77. The highest BCUT2D eigenvalue weighted by molar-refractivity contribution is 5.75. The first-order chi connectivity index (χ1) is 6.86. The van der Waals surface area contributed by atoms with Gasteiger partial charge in [0.05, 0.1) is 0 Å². The summed E-state index contributed by atoms with van der Waals surface area (Å²) in [5.74, 6) is 0.667. The predicted molar refractivity (Wildman–Crippen MR) is 62.8 cm³/mol. The van der Waals surface area contributed by atoms with Crippen LogP contribution in [-0.4, -0.2) is 30.1 Å². The maximum atomic E-state index is 11.6. The van der Waals surface area contributed by atoms with Gasteiger partial charge in [-0.15, -0.1) is 0 Å². The number of hydrogen-bond acceptors (Lipinski definition) is 1. The predicted octanol–water partition coefficient (Wildman–Crippen LogP) is 2.47. The second-order valence-electron chi connectivity index (χ2n) is 5.55. The summed E-state index contributed by atoms with van der Waals surface area (Å²) in [6.45, 7) is 12.6. The second kappa shape index (κ2) is 4.42. The van der Waals surface area contributed by atoms with Crippen molar-refractivity contribution in [3.63, 3.8) is 0 Å². The fourth-order valence-electron chi connectivity index (χ4n) is 1.77. The quantitative estimate of drug-likeness (QED) is 0.766. The smallest absolute Gasteiger partial charge is 0.317 e. The maximum absolute atomic E-state index is 11.6. The highest BCUT2D eigenvalue weighted by Crippen LogP contribution is 2.36. The Morgan fingerprint density at radius 3 is 2.40 bits per heavy atom. The van der Waals surface area contributed by atoms with E-state index in [1.807, 2.05) is 18.7 Å². The van der Waals surface area contributed by atoms with Crippen LogP contribution in [-0.2, 0) is 0 Å². The van der Waals surface area contributed by atoms with Crippen molar-refractivity contribution in [3.8, 4) is 0 Å². The minimum Gasteiger partial charge on any atom is -0.336 e. The van der Waals surface area contributed by atoms with Crippen LogP contribution in [0.15, 0.2) is 0 Å². The molecular formula is C12H24N2O. The minimum atomic E-state index is 0.0909. The average Bonchev–Trinajstić information content (AvgIpc) is 1.99. The molecule has 1 aliphatic rings. The van der Waals surface area contributed by atoms with Gasteiger partial charge in [0.25, 0.3) is 0 Å². The van der Waals surface area contributed by atoms with Crippen molar-refractivity contribution in [2.24, 2.45) is 11.3 Å². The van der Waals surface area contributed by atoms with E-state index in [-0.39, 0.29) is 12.1 Å². The summed E-state index contributed by atoms with van der Waals surface area (Å²) < 4.78 is 0. The van der Waals surface area contributed by atoms with E-state index >= 15 is 0 Å². The standard InChI is InChI=1S/C12H24N2O/c1-6-12(4,5)10-7-14(8-10)11(15)13-9(2)3/h9-10H,6-8H2,1-5H3,(H,13,15). The lowest BCUT2D eigenvalue weighted by atomic mass is 9.73. The van der Waals surface area contributed by atoms with E-state index in [9.17, 15) is 4.79 Å². The summed E-state index contributed by atoms with van der Waals surface area (Å²) >= 11 is 0. The van der Waals surface area contributed by atoms with E-state index in [4.69, 9.17) is 0 Å². The summed E-state index contributed by atoms with van der Waals surface area (Å²) in [7, 11) is 0. The zero-order valence-electron chi connectivity index (χ0n) is 10.6. The molecule has 0 aromatic heterocycles. The molecule has 0 atom stereocenters. The van der Waals surface area contributed by atoms with Crippen molar-refractivity contribution in [1.82, 2.24) is 10.2 Å². The summed E-state index contributed by atoms with van der Waals surface area (Å²) in [6, 6.07) is 0.323. The summed E-state index contributed by atoms with van der Waals surface area (Å²) in [4.78, 5) is 13.5. The van der Waals surface area contributed by atoms with Crippen molar-refractivity contribution < 1.29 is 4.79 Å². The molecule has 1 aliphatic heterocycles. The van der Waals surface area contributed by atoms with E-state index in [0.717, 1.165) is 13.1 Å². The number of carbonyl (C=O) groups excluding carboxylic acids is 1. The highest BCUT2D eigenvalue weighted by Gasteiger charge is 2.39. The minimum absolute atomic E-state index is 0.0909. The Morgan fingerprint density at radius 2 is 2.00 bits per heavy atom. The first kappa shape index (κ1) is 12.3. The Morgan fingerprint density at radius 1 is 1.47 bits per heavy atom. The molecule has 0 unspecified atom stereocenters. The molecule has 0 spiro atoms. The largest absolute Gasteiger partial charge is 0.336 e. The van der Waals surface area contributed by atoms with Crippen LogP contribution in [0, 0.1) is 11.3 Å². The van der Waals surface area contributed by atoms with Gasteiger partial charge in [0.15, 0.2) is 0 Å². The van der Waals surface area contributed by atoms with Gasteiger partial charge < -0.3 is 10.2 Å². The van der Waals surface area contributed by atoms with E-state index in [1.165, 1.54) is 6.42 Å². The lowest BCUT2D eigenvalue weighted by Gasteiger charge is -2.47. The number of carbonyl (C=O) groups is 1. The number of rotatable bonds is 3. The first-order valence-electron chi connectivity index (χ1n) is 5.92. The molecule has 0 aromatic carbocycles. The van der Waals surface area contributed by atoms with Crippen LogP contribution < -0.4 is 5.32 Å². The zero-order valence-corrected chi connectivity index (χ0v) is 10.6. The molecule has 2 amide bonds. The van der Waals surface area contributed by atoms with Crippen molar-refractivity contribution in [1.29, 1.82) is 0 Å². The number of amides is 2. The van der Waals surface area contributed by atoms with Crippen LogP contribution in [0.5, 0.6) is 0 Å². The van der Waals surface area contributed by atoms with Crippen LogP contribution in [0.4, 0.5) is 4.79 Å². The lowest BCUT2D eigenvalue weighted by Crippen LogP contribution is -2.58. The fraction of sp³-hybridized carbons (Fsp3) is 0.917. The second-order valence-corrected chi connectivity index (χ2v) is 5.55. The monoisotopic (exact) mass is 212 g/mol. The van der Waals surface area contributed by atoms with E-state index < -0.39 is 0 Å². The molecule has 1 heterocycles. The highest BCUT2D eigenvalue weighted by atomic mass is 16.2. The molecular weight excluding hydrogens is 188 g/mol. The molecule has 0 bridgehead atoms. The van der Waals surface area contributed by atoms with Crippen molar-refractivity contribution in [2.75, 3.05) is 13.1 Å². The van der Waals surface area contributed by atoms with E-state index in [2.05, 4.69) is 26.1 Å². The summed E-state index contributed by atoms with van der Waals surface area (Å²) in [5, 5.41) is 2.92. The van der Waals surface area contributed by atoms with Crippen molar-refractivity contribution in [2.45, 2.75) is 47.1 Å². The first-order valence-corrected chi connectivity index (χ1v) is 5.92. The van der Waals surface area contributed by atoms with E-state index in [1.54, 1.807) is 0 Å². The van der Waals surface area contributed by atoms with Crippen LogP contribution in [0.1, 0.15) is 41.0 Å². The average molecular weight is 212 g/mol. The topological polar surface area (TPSA) is 32.3 Å².